The van der Waals surface area contributed by atoms with Crippen LogP contribution in [0.25, 0.3) is 0 Å². The van der Waals surface area contributed by atoms with Crippen molar-refractivity contribution in [1.29, 1.82) is 5.26 Å². The fraction of sp³-hybridized carbons (Fsp3) is 0.355. The molecule has 0 radical (unpaired) electrons. The molecular weight excluding hydrogens is 542 g/mol. The van der Waals surface area contributed by atoms with Gasteiger partial charge < -0.3 is 20.3 Å². The van der Waals surface area contributed by atoms with E-state index in [2.05, 4.69) is 11.4 Å². The normalized spacial score (nSPS) is 12.2. The maximum Gasteiger partial charge on any atom is 0.404 e. The molecule has 3 rings (SSSR count). The summed E-state index contributed by atoms with van der Waals surface area (Å²) in [5.74, 6) is 0.548. The van der Waals surface area contributed by atoms with Crippen molar-refractivity contribution in [1.82, 2.24) is 5.32 Å². The van der Waals surface area contributed by atoms with Crippen LogP contribution < -0.4 is 14.4 Å². The lowest BCUT2D eigenvalue weighted by atomic mass is 9.88. The van der Waals surface area contributed by atoms with E-state index in [1.165, 1.54) is 16.4 Å². The molecule has 1 amide bonds. The molecule has 0 fully saturated rings. The van der Waals surface area contributed by atoms with Gasteiger partial charge in [-0.05, 0) is 72.2 Å². The molecule has 218 valence electrons. The Labute approximate surface area is 242 Å². The Morgan fingerprint density at radius 1 is 1.05 bits per heavy atom. The van der Waals surface area contributed by atoms with Gasteiger partial charge in [-0.15, -0.1) is 0 Å². The monoisotopic (exact) mass is 579 g/mol. The number of anilines is 1. The molecule has 0 spiro atoms. The molecule has 0 saturated heterocycles. The molecule has 0 saturated carbocycles. The predicted octanol–water partition coefficient (Wildman–Crippen LogP) is 5.35. The van der Waals surface area contributed by atoms with Crippen molar-refractivity contribution >= 4 is 21.8 Å². The summed E-state index contributed by atoms with van der Waals surface area (Å²) in [7, 11) is -3.99. The summed E-state index contributed by atoms with van der Waals surface area (Å²) in [5, 5.41) is 30.1. The average Bonchev–Trinajstić information content (AvgIpc) is 2.96. The van der Waals surface area contributed by atoms with Crippen molar-refractivity contribution in [2.45, 2.75) is 57.1 Å². The Morgan fingerprint density at radius 2 is 1.73 bits per heavy atom. The van der Waals surface area contributed by atoms with E-state index < -0.39 is 27.6 Å². The Hall–Kier alpha value is -4.07. The summed E-state index contributed by atoms with van der Waals surface area (Å²) >= 11 is 0. The van der Waals surface area contributed by atoms with E-state index in [9.17, 15) is 18.3 Å². The maximum atomic E-state index is 14.0. The largest absolute Gasteiger partial charge is 0.489 e. The molecule has 0 aliphatic carbocycles. The van der Waals surface area contributed by atoms with E-state index in [1.54, 1.807) is 30.3 Å². The second kappa shape index (κ2) is 14.5. The lowest BCUT2D eigenvalue weighted by Gasteiger charge is -2.33. The molecule has 41 heavy (non-hydrogen) atoms. The van der Waals surface area contributed by atoms with E-state index in [4.69, 9.17) is 15.1 Å². The number of hydrogen-bond donors (Lipinski definition) is 3. The third-order valence-corrected chi connectivity index (χ3v) is 8.39. The number of rotatable bonds is 15. The lowest BCUT2D eigenvalue weighted by Crippen LogP contribution is -2.39. The number of hydrogen-bond acceptors (Lipinski definition) is 6. The van der Waals surface area contributed by atoms with Crippen molar-refractivity contribution in [3.05, 3.63) is 90.0 Å². The molecule has 0 unspecified atom stereocenters. The smallest absolute Gasteiger partial charge is 0.404 e. The van der Waals surface area contributed by atoms with Gasteiger partial charge in [0, 0.05) is 19.5 Å². The molecule has 0 aliphatic rings. The van der Waals surface area contributed by atoms with Crippen molar-refractivity contribution in [3.63, 3.8) is 0 Å². The molecule has 1 atom stereocenters. The van der Waals surface area contributed by atoms with Crippen LogP contribution in [0.15, 0.2) is 83.8 Å². The van der Waals surface area contributed by atoms with E-state index in [0.29, 0.717) is 43.7 Å². The number of ether oxygens (including phenoxy) is 1. The van der Waals surface area contributed by atoms with Crippen LogP contribution in [0.2, 0.25) is 0 Å². The highest BCUT2D eigenvalue weighted by Crippen LogP contribution is 2.32. The number of benzene rings is 3. The van der Waals surface area contributed by atoms with Crippen LogP contribution in [0.3, 0.4) is 0 Å². The standard InChI is InChI=1S/C31H37N3O6S/c1-31(2,18-7-19-32)23-34(26-11-6-10-24(20-26)12-13-27(35)21-33-30(36)37)41(38,39)29-16-14-28(15-17-29)40-22-25-8-4-3-5-9-25/h3-6,8-11,14-17,20,27,33,35H,7,12-13,18,21-23H2,1-2H3,(H,36,37)/t27-/m0/s1. The Bertz CT molecular complexity index is 1420. The summed E-state index contributed by atoms with van der Waals surface area (Å²) in [4.78, 5) is 10.8. The first-order chi connectivity index (χ1) is 19.5. The molecule has 0 heterocycles. The first-order valence-corrected chi connectivity index (χ1v) is 14.8. The van der Waals surface area contributed by atoms with Gasteiger partial charge in [-0.1, -0.05) is 56.3 Å². The number of nitriles is 1. The third-order valence-electron chi connectivity index (χ3n) is 6.60. The van der Waals surface area contributed by atoms with Crippen molar-refractivity contribution in [2.75, 3.05) is 17.4 Å². The number of carboxylic acid groups (broad SMARTS) is 1. The van der Waals surface area contributed by atoms with Crippen molar-refractivity contribution < 1.29 is 28.2 Å². The second-order valence-corrected chi connectivity index (χ2v) is 12.5. The fourth-order valence-electron chi connectivity index (χ4n) is 4.26. The molecule has 3 N–H and O–H groups in total. The number of aryl methyl sites for hydroxylation is 1. The summed E-state index contributed by atoms with van der Waals surface area (Å²) in [6.07, 6.45) is -0.533. The molecular formula is C31H37N3O6S. The van der Waals surface area contributed by atoms with Crippen LogP contribution in [0.1, 0.15) is 44.2 Å². The zero-order valence-corrected chi connectivity index (χ0v) is 24.2. The van der Waals surface area contributed by atoms with Gasteiger partial charge >= 0.3 is 6.09 Å². The average molecular weight is 580 g/mol. The van der Waals surface area contributed by atoms with Gasteiger partial charge in [0.2, 0.25) is 0 Å². The number of amides is 1. The number of nitrogens with one attached hydrogen (secondary N) is 1. The summed E-state index contributed by atoms with van der Waals surface area (Å²) in [6, 6.07) is 25.2. The quantitative estimate of drug-likeness (QED) is 0.220. The van der Waals surface area contributed by atoms with Crippen LogP contribution in [-0.2, 0) is 23.1 Å². The molecule has 9 nitrogen and oxygen atoms in total. The van der Waals surface area contributed by atoms with Gasteiger partial charge in [0.1, 0.15) is 12.4 Å². The minimum atomic E-state index is -3.99. The van der Waals surface area contributed by atoms with E-state index in [-0.39, 0.29) is 18.0 Å². The zero-order chi connectivity index (χ0) is 29.9. The second-order valence-electron chi connectivity index (χ2n) is 10.6. The Balaban J connectivity index is 1.84. The predicted molar refractivity (Wildman–Crippen MR) is 157 cm³/mol. The Kier molecular flexibility index (Phi) is 11.1. The highest BCUT2D eigenvalue weighted by atomic mass is 32.2. The minimum Gasteiger partial charge on any atom is -0.489 e. The lowest BCUT2D eigenvalue weighted by molar-refractivity contribution is 0.150. The fourth-order valence-corrected chi connectivity index (χ4v) is 5.91. The van der Waals surface area contributed by atoms with Gasteiger partial charge in [-0.25, -0.2) is 13.2 Å². The highest BCUT2D eigenvalue weighted by molar-refractivity contribution is 7.92. The number of aliphatic hydroxyl groups excluding tert-OH is 1. The molecule has 0 bridgehead atoms. The molecule has 3 aromatic rings. The first-order valence-electron chi connectivity index (χ1n) is 13.4. The zero-order valence-electron chi connectivity index (χ0n) is 23.4. The molecule has 3 aromatic carbocycles. The topological polar surface area (TPSA) is 140 Å². The minimum absolute atomic E-state index is 0.0896. The van der Waals surface area contributed by atoms with Gasteiger partial charge in [0.05, 0.1) is 22.8 Å². The maximum absolute atomic E-state index is 14.0. The number of carbonyl (C=O) groups is 1. The number of nitrogens with zero attached hydrogens (tertiary/aromatic N) is 2. The number of sulfonamides is 1. The van der Waals surface area contributed by atoms with Crippen LogP contribution >= 0.6 is 0 Å². The van der Waals surface area contributed by atoms with Crippen molar-refractivity contribution in [3.8, 4) is 11.8 Å². The molecule has 0 aliphatic heterocycles. The number of aliphatic hydroxyl groups is 1. The van der Waals surface area contributed by atoms with Crippen molar-refractivity contribution in [2.24, 2.45) is 5.41 Å². The SMILES string of the molecule is CC(C)(CCC#N)CN(c1cccc(CC[C@H](O)CNC(=O)O)c1)S(=O)(=O)c1ccc(OCc2ccccc2)cc1. The van der Waals surface area contributed by atoms with Crippen LogP contribution in [0, 0.1) is 16.7 Å². The highest BCUT2D eigenvalue weighted by Gasteiger charge is 2.31. The summed E-state index contributed by atoms with van der Waals surface area (Å²) in [6.45, 7) is 4.29. The van der Waals surface area contributed by atoms with Gasteiger partial charge in [0.15, 0.2) is 0 Å². The first kappa shape index (κ1) is 31.5. The van der Waals surface area contributed by atoms with Crippen LogP contribution in [-0.4, -0.2) is 43.9 Å². The third kappa shape index (κ3) is 9.81. The van der Waals surface area contributed by atoms with E-state index >= 15 is 0 Å². The van der Waals surface area contributed by atoms with Crippen LogP contribution in [0.4, 0.5) is 10.5 Å². The van der Waals surface area contributed by atoms with Crippen LogP contribution in [0.5, 0.6) is 5.75 Å². The van der Waals surface area contributed by atoms with E-state index in [0.717, 1.165) is 11.1 Å². The van der Waals surface area contributed by atoms with Gasteiger partial charge in [-0.2, -0.15) is 5.26 Å². The molecule has 10 heteroatoms. The summed E-state index contributed by atoms with van der Waals surface area (Å²) in [5.41, 5.74) is 1.78. The van der Waals surface area contributed by atoms with Gasteiger partial charge in [-0.3, -0.25) is 4.31 Å². The van der Waals surface area contributed by atoms with Gasteiger partial charge in [0.25, 0.3) is 10.0 Å². The summed E-state index contributed by atoms with van der Waals surface area (Å²) < 4.78 is 35.2. The van der Waals surface area contributed by atoms with E-state index in [1.807, 2.05) is 50.2 Å². The molecule has 0 aromatic heterocycles. The Morgan fingerprint density at radius 3 is 2.39 bits per heavy atom.